The van der Waals surface area contributed by atoms with Gasteiger partial charge in [0, 0.05) is 64.1 Å². The molecule has 25 heavy (non-hydrogen) atoms. The Hall–Kier alpha value is -1.60. The number of amides is 2. The van der Waals surface area contributed by atoms with Crippen LogP contribution < -0.4 is 5.32 Å². The molecule has 1 aromatic rings. The fourth-order valence-corrected chi connectivity index (χ4v) is 3.78. The fraction of sp³-hybridized carbons (Fsp3) is 0.778. The molecule has 3 rings (SSSR count). The molecule has 2 aliphatic rings. The van der Waals surface area contributed by atoms with E-state index in [4.69, 9.17) is 0 Å². The van der Waals surface area contributed by atoms with Crippen molar-refractivity contribution in [2.24, 2.45) is 7.05 Å². The number of carbonyl (C=O) groups excluding carboxylic acids is 1. The molecule has 1 aromatic heterocycles. The maximum Gasteiger partial charge on any atom is 0.318 e. The van der Waals surface area contributed by atoms with E-state index in [0.717, 1.165) is 64.1 Å². The molecule has 0 aliphatic carbocycles. The molecule has 0 spiro atoms. The number of aromatic nitrogens is 2. The van der Waals surface area contributed by atoms with Gasteiger partial charge in [-0.3, -0.25) is 4.68 Å². The highest BCUT2D eigenvalue weighted by Crippen LogP contribution is 2.31. The molecule has 7 nitrogen and oxygen atoms in total. The van der Waals surface area contributed by atoms with Crippen molar-refractivity contribution in [1.82, 2.24) is 29.8 Å². The van der Waals surface area contributed by atoms with Crippen molar-refractivity contribution in [3.05, 3.63) is 18.0 Å². The van der Waals surface area contributed by atoms with Crippen LogP contribution in [0, 0.1) is 0 Å². The third kappa shape index (κ3) is 4.73. The summed E-state index contributed by atoms with van der Waals surface area (Å²) in [5.74, 6) is 0. The lowest BCUT2D eigenvalue weighted by Gasteiger charge is -2.33. The summed E-state index contributed by atoms with van der Waals surface area (Å²) in [4.78, 5) is 19.5. The first-order valence-electron chi connectivity index (χ1n) is 9.49. The Morgan fingerprint density at radius 3 is 2.72 bits per heavy atom. The van der Waals surface area contributed by atoms with E-state index in [2.05, 4.69) is 34.2 Å². The maximum atomic E-state index is 12.7. The van der Waals surface area contributed by atoms with Crippen LogP contribution in [-0.2, 0) is 7.05 Å². The minimum absolute atomic E-state index is 0.0669. The molecule has 1 N–H and O–H groups in total. The van der Waals surface area contributed by atoms with Crippen LogP contribution in [0.1, 0.15) is 37.8 Å². The SMILES string of the molecule is C[C@H](CCN1CCN(C)CC1)NC(=O)N1CCC[C@H]1c1cnn(C)c1. The standard InChI is InChI=1S/C18H32N6O/c1-15(6-8-23-11-9-21(2)10-12-23)20-18(25)24-7-4-5-17(24)16-13-19-22(3)14-16/h13-15,17H,4-12H2,1-3H3,(H,20,25)/t15-,17+/m1/s1. The Bertz CT molecular complexity index is 566. The summed E-state index contributed by atoms with van der Waals surface area (Å²) in [6, 6.07) is 0.429. The van der Waals surface area contributed by atoms with Gasteiger partial charge in [-0.05, 0) is 33.2 Å². The van der Waals surface area contributed by atoms with Crippen LogP contribution in [0.15, 0.2) is 12.4 Å². The number of nitrogens with one attached hydrogen (secondary N) is 1. The van der Waals surface area contributed by atoms with Gasteiger partial charge in [0.25, 0.3) is 0 Å². The second kappa shape index (κ2) is 8.19. The number of hydrogen-bond acceptors (Lipinski definition) is 4. The van der Waals surface area contributed by atoms with Gasteiger partial charge in [-0.2, -0.15) is 5.10 Å². The van der Waals surface area contributed by atoms with Gasteiger partial charge in [0.05, 0.1) is 12.2 Å². The highest BCUT2D eigenvalue weighted by Gasteiger charge is 2.31. The van der Waals surface area contributed by atoms with Gasteiger partial charge >= 0.3 is 6.03 Å². The average Bonchev–Trinajstić information content (AvgIpc) is 3.23. The first kappa shape index (κ1) is 18.2. The molecule has 140 valence electrons. The van der Waals surface area contributed by atoms with Crippen LogP contribution >= 0.6 is 0 Å². The number of nitrogens with zero attached hydrogens (tertiary/aromatic N) is 5. The second-order valence-electron chi connectivity index (χ2n) is 7.58. The highest BCUT2D eigenvalue weighted by atomic mass is 16.2. The number of aryl methyl sites for hydroxylation is 1. The molecule has 0 unspecified atom stereocenters. The van der Waals surface area contributed by atoms with E-state index >= 15 is 0 Å². The minimum Gasteiger partial charge on any atom is -0.335 e. The molecule has 0 aromatic carbocycles. The van der Waals surface area contributed by atoms with Crippen molar-refractivity contribution < 1.29 is 4.79 Å². The summed E-state index contributed by atoms with van der Waals surface area (Å²) >= 11 is 0. The third-order valence-corrected chi connectivity index (χ3v) is 5.47. The van der Waals surface area contributed by atoms with Crippen LogP contribution in [0.3, 0.4) is 0 Å². The first-order chi connectivity index (χ1) is 12.0. The Morgan fingerprint density at radius 2 is 2.04 bits per heavy atom. The van der Waals surface area contributed by atoms with E-state index in [1.54, 1.807) is 0 Å². The number of rotatable bonds is 5. The highest BCUT2D eigenvalue weighted by molar-refractivity contribution is 5.75. The zero-order valence-corrected chi connectivity index (χ0v) is 15.8. The van der Waals surface area contributed by atoms with Crippen molar-refractivity contribution in [2.45, 2.75) is 38.3 Å². The summed E-state index contributed by atoms with van der Waals surface area (Å²) in [5.41, 5.74) is 1.14. The lowest BCUT2D eigenvalue weighted by molar-refractivity contribution is 0.148. The quantitative estimate of drug-likeness (QED) is 0.871. The molecule has 2 amide bonds. The smallest absolute Gasteiger partial charge is 0.318 e. The summed E-state index contributed by atoms with van der Waals surface area (Å²) in [6.07, 6.45) is 6.98. The van der Waals surface area contributed by atoms with E-state index in [1.807, 2.05) is 29.0 Å². The molecular weight excluding hydrogens is 316 g/mol. The van der Waals surface area contributed by atoms with E-state index in [1.165, 1.54) is 0 Å². The van der Waals surface area contributed by atoms with Gasteiger partial charge in [0.1, 0.15) is 0 Å². The monoisotopic (exact) mass is 348 g/mol. The summed E-state index contributed by atoms with van der Waals surface area (Å²) in [7, 11) is 4.10. The van der Waals surface area contributed by atoms with Gasteiger partial charge in [-0.15, -0.1) is 0 Å². The lowest BCUT2D eigenvalue weighted by atomic mass is 10.1. The molecule has 2 aliphatic heterocycles. The second-order valence-corrected chi connectivity index (χ2v) is 7.58. The zero-order chi connectivity index (χ0) is 17.8. The maximum absolute atomic E-state index is 12.7. The molecule has 0 bridgehead atoms. The molecule has 0 radical (unpaired) electrons. The van der Waals surface area contributed by atoms with E-state index < -0.39 is 0 Å². The summed E-state index contributed by atoms with van der Waals surface area (Å²) in [5, 5.41) is 7.45. The van der Waals surface area contributed by atoms with Gasteiger partial charge < -0.3 is 20.0 Å². The van der Waals surface area contributed by atoms with Crippen molar-refractivity contribution in [2.75, 3.05) is 46.3 Å². The molecule has 2 atom stereocenters. The first-order valence-corrected chi connectivity index (χ1v) is 9.49. The number of hydrogen-bond donors (Lipinski definition) is 1. The van der Waals surface area contributed by atoms with Crippen molar-refractivity contribution >= 4 is 6.03 Å². The topological polar surface area (TPSA) is 56.6 Å². The van der Waals surface area contributed by atoms with Crippen LogP contribution in [0.25, 0.3) is 0 Å². The number of likely N-dealkylation sites (tertiary alicyclic amines) is 1. The van der Waals surface area contributed by atoms with Crippen molar-refractivity contribution in [3.8, 4) is 0 Å². The predicted molar refractivity (Wildman–Crippen MR) is 98.4 cm³/mol. The molecule has 7 heteroatoms. The fourth-order valence-electron chi connectivity index (χ4n) is 3.78. The Kier molecular flexibility index (Phi) is 5.96. The summed E-state index contributed by atoms with van der Waals surface area (Å²) in [6.45, 7) is 8.54. The summed E-state index contributed by atoms with van der Waals surface area (Å²) < 4.78 is 1.81. The van der Waals surface area contributed by atoms with Crippen LogP contribution in [0.4, 0.5) is 4.79 Å². The lowest BCUT2D eigenvalue weighted by Crippen LogP contribution is -2.47. The third-order valence-electron chi connectivity index (χ3n) is 5.47. The molecule has 0 saturated carbocycles. The number of likely N-dealkylation sites (N-methyl/N-ethyl adjacent to an activating group) is 1. The van der Waals surface area contributed by atoms with Gasteiger partial charge in [0.15, 0.2) is 0 Å². The number of urea groups is 1. The number of carbonyl (C=O) groups is 1. The number of piperazine rings is 1. The Balaban J connectivity index is 1.46. The van der Waals surface area contributed by atoms with Crippen LogP contribution in [-0.4, -0.2) is 82.9 Å². The minimum atomic E-state index is 0.0669. The zero-order valence-electron chi connectivity index (χ0n) is 15.8. The van der Waals surface area contributed by atoms with Crippen molar-refractivity contribution in [1.29, 1.82) is 0 Å². The normalized spacial score (nSPS) is 23.8. The molecule has 2 saturated heterocycles. The van der Waals surface area contributed by atoms with Gasteiger partial charge in [-0.25, -0.2) is 4.79 Å². The van der Waals surface area contributed by atoms with Gasteiger partial charge in [-0.1, -0.05) is 0 Å². The Morgan fingerprint density at radius 1 is 1.28 bits per heavy atom. The van der Waals surface area contributed by atoms with Crippen LogP contribution in [0.2, 0.25) is 0 Å². The molecule has 2 fully saturated rings. The van der Waals surface area contributed by atoms with Crippen molar-refractivity contribution in [3.63, 3.8) is 0 Å². The predicted octanol–water partition coefficient (Wildman–Crippen LogP) is 1.29. The average molecular weight is 348 g/mol. The van der Waals surface area contributed by atoms with Crippen LogP contribution in [0.5, 0.6) is 0 Å². The molecular formula is C18H32N6O. The Labute approximate surface area is 150 Å². The largest absolute Gasteiger partial charge is 0.335 e. The van der Waals surface area contributed by atoms with E-state index in [9.17, 15) is 4.79 Å². The molecule has 3 heterocycles. The van der Waals surface area contributed by atoms with E-state index in [0.29, 0.717) is 0 Å². The van der Waals surface area contributed by atoms with Gasteiger partial charge in [0.2, 0.25) is 0 Å². The van der Waals surface area contributed by atoms with E-state index in [-0.39, 0.29) is 18.1 Å².